The van der Waals surface area contributed by atoms with Gasteiger partial charge in [-0.3, -0.25) is 9.59 Å². The van der Waals surface area contributed by atoms with Gasteiger partial charge in [0.1, 0.15) is 11.3 Å². The molecule has 0 atom stereocenters. The van der Waals surface area contributed by atoms with Crippen LogP contribution in [0.25, 0.3) is 16.5 Å². The molecule has 0 spiro atoms. The molecule has 20 heavy (non-hydrogen) atoms. The van der Waals surface area contributed by atoms with Crippen LogP contribution in [0.3, 0.4) is 0 Å². The molecule has 1 N–H and O–H groups in total. The molecular formula is C16H14O4. The molecule has 102 valence electrons. The number of para-hydroxylation sites is 1. The van der Waals surface area contributed by atoms with Crippen molar-refractivity contribution in [2.24, 2.45) is 0 Å². The molecule has 1 heterocycles. The van der Waals surface area contributed by atoms with E-state index in [1.54, 1.807) is 18.2 Å². The van der Waals surface area contributed by atoms with Gasteiger partial charge < -0.3 is 9.52 Å². The van der Waals surface area contributed by atoms with Crippen molar-refractivity contribution in [1.82, 2.24) is 0 Å². The first-order chi connectivity index (χ1) is 9.65. The summed E-state index contributed by atoms with van der Waals surface area (Å²) >= 11 is 0. The summed E-state index contributed by atoms with van der Waals surface area (Å²) < 4.78 is 5.83. The zero-order valence-electron chi connectivity index (χ0n) is 10.9. The van der Waals surface area contributed by atoms with Crippen molar-refractivity contribution < 1.29 is 14.3 Å². The van der Waals surface area contributed by atoms with Crippen LogP contribution in [0.1, 0.15) is 30.6 Å². The lowest BCUT2D eigenvalue weighted by molar-refractivity contribution is -0.136. The first kappa shape index (κ1) is 12.7. The molecule has 0 unspecified atom stereocenters. The van der Waals surface area contributed by atoms with Crippen molar-refractivity contribution in [2.75, 3.05) is 0 Å². The van der Waals surface area contributed by atoms with Crippen molar-refractivity contribution in [3.8, 4) is 0 Å². The Morgan fingerprint density at radius 1 is 1.35 bits per heavy atom. The van der Waals surface area contributed by atoms with E-state index in [4.69, 9.17) is 9.52 Å². The van der Waals surface area contributed by atoms with Crippen molar-refractivity contribution in [3.63, 3.8) is 0 Å². The maximum absolute atomic E-state index is 12.2. The van der Waals surface area contributed by atoms with Gasteiger partial charge in [-0.1, -0.05) is 18.2 Å². The Hall–Kier alpha value is -2.36. The summed E-state index contributed by atoms with van der Waals surface area (Å²) in [6, 6.07) is 6.54. The Morgan fingerprint density at radius 3 is 2.90 bits per heavy atom. The minimum atomic E-state index is -0.939. The average molecular weight is 270 g/mol. The normalized spacial score (nSPS) is 14.5. The number of carbonyl (C=O) groups is 1. The van der Waals surface area contributed by atoms with Gasteiger partial charge in [0.25, 0.3) is 0 Å². The highest BCUT2D eigenvalue weighted by atomic mass is 16.4. The van der Waals surface area contributed by atoms with Gasteiger partial charge in [0.05, 0.1) is 11.8 Å². The van der Waals surface area contributed by atoms with Gasteiger partial charge in [-0.25, -0.2) is 0 Å². The fourth-order valence-electron chi connectivity index (χ4n) is 2.59. The monoisotopic (exact) mass is 270 g/mol. The quantitative estimate of drug-likeness (QED) is 0.931. The van der Waals surface area contributed by atoms with Crippen LogP contribution in [0.15, 0.2) is 39.6 Å². The molecule has 0 saturated heterocycles. The maximum atomic E-state index is 12.2. The molecule has 1 aliphatic rings. The van der Waals surface area contributed by atoms with E-state index in [0.29, 0.717) is 22.3 Å². The summed E-state index contributed by atoms with van der Waals surface area (Å²) in [5, 5.41) is 9.38. The third kappa shape index (κ3) is 2.25. The number of fused-ring (bicyclic) bond motifs is 1. The zero-order chi connectivity index (χ0) is 14.1. The number of benzene rings is 1. The number of aliphatic carboxylic acids is 1. The van der Waals surface area contributed by atoms with Gasteiger partial charge >= 0.3 is 5.97 Å². The summed E-state index contributed by atoms with van der Waals surface area (Å²) in [5.41, 5.74) is 1.84. The van der Waals surface area contributed by atoms with Gasteiger partial charge in [-0.05, 0) is 30.9 Å². The van der Waals surface area contributed by atoms with E-state index < -0.39 is 5.97 Å². The SMILES string of the molecule is O=C(O)Cc1cccc2c(=O)cc(C3=CCCC3)oc12. The molecule has 2 aromatic rings. The second kappa shape index (κ2) is 4.96. The highest BCUT2D eigenvalue weighted by Gasteiger charge is 2.15. The van der Waals surface area contributed by atoms with Gasteiger partial charge in [0.15, 0.2) is 5.43 Å². The number of hydrogen-bond donors (Lipinski definition) is 1. The summed E-state index contributed by atoms with van der Waals surface area (Å²) in [4.78, 5) is 23.1. The lowest BCUT2D eigenvalue weighted by atomic mass is 10.1. The minimum Gasteiger partial charge on any atom is -0.481 e. The number of rotatable bonds is 3. The molecule has 0 radical (unpaired) electrons. The van der Waals surface area contributed by atoms with Gasteiger partial charge in [0, 0.05) is 11.6 Å². The Bertz CT molecular complexity index is 768. The molecule has 1 aromatic heterocycles. The first-order valence-electron chi connectivity index (χ1n) is 6.62. The summed E-state index contributed by atoms with van der Waals surface area (Å²) in [6.45, 7) is 0. The summed E-state index contributed by atoms with van der Waals surface area (Å²) in [5.74, 6) is -0.372. The Morgan fingerprint density at radius 2 is 2.20 bits per heavy atom. The Labute approximate surface area is 115 Å². The van der Waals surface area contributed by atoms with Crippen LogP contribution in [0, 0.1) is 0 Å². The Balaban J connectivity index is 2.22. The van der Waals surface area contributed by atoms with Crippen LogP contribution in [0.5, 0.6) is 0 Å². The molecule has 1 aromatic carbocycles. The Kier molecular flexibility index (Phi) is 3.14. The fraction of sp³-hybridized carbons (Fsp3) is 0.250. The third-order valence-corrected chi connectivity index (χ3v) is 3.54. The van der Waals surface area contributed by atoms with Gasteiger partial charge in [-0.15, -0.1) is 0 Å². The molecule has 0 fully saturated rings. The largest absolute Gasteiger partial charge is 0.481 e. The van der Waals surface area contributed by atoms with Crippen molar-refractivity contribution >= 4 is 22.5 Å². The summed E-state index contributed by atoms with van der Waals surface area (Å²) in [6.07, 6.45) is 4.88. The standard InChI is InChI=1S/C16H14O4/c17-13-9-14(10-4-1-2-5-10)20-16-11(8-15(18)19)6-3-7-12(13)16/h3-4,6-7,9H,1-2,5,8H2,(H,18,19). The van der Waals surface area contributed by atoms with Crippen molar-refractivity contribution in [1.29, 1.82) is 0 Å². The van der Waals surface area contributed by atoms with Gasteiger partial charge in [-0.2, -0.15) is 0 Å². The smallest absolute Gasteiger partial charge is 0.307 e. The van der Waals surface area contributed by atoms with E-state index in [0.717, 1.165) is 24.8 Å². The second-order valence-electron chi connectivity index (χ2n) is 4.96. The lowest BCUT2D eigenvalue weighted by Crippen LogP contribution is -2.06. The van der Waals surface area contributed by atoms with E-state index in [1.165, 1.54) is 6.07 Å². The highest BCUT2D eigenvalue weighted by Crippen LogP contribution is 2.29. The van der Waals surface area contributed by atoms with Gasteiger partial charge in [0.2, 0.25) is 0 Å². The van der Waals surface area contributed by atoms with E-state index in [9.17, 15) is 9.59 Å². The summed E-state index contributed by atoms with van der Waals surface area (Å²) in [7, 11) is 0. The number of allylic oxidation sites excluding steroid dienone is 2. The third-order valence-electron chi connectivity index (χ3n) is 3.54. The molecular weight excluding hydrogens is 256 g/mol. The van der Waals surface area contributed by atoms with Crippen LogP contribution in [0.2, 0.25) is 0 Å². The molecule has 3 rings (SSSR count). The lowest BCUT2D eigenvalue weighted by Gasteiger charge is -2.07. The van der Waals surface area contributed by atoms with Crippen molar-refractivity contribution in [3.05, 3.63) is 51.9 Å². The second-order valence-corrected chi connectivity index (χ2v) is 4.96. The van der Waals surface area contributed by atoms with E-state index in [-0.39, 0.29) is 11.8 Å². The maximum Gasteiger partial charge on any atom is 0.307 e. The molecule has 0 aliphatic heterocycles. The van der Waals surface area contributed by atoms with E-state index >= 15 is 0 Å². The average Bonchev–Trinajstić information content (AvgIpc) is 2.93. The van der Waals surface area contributed by atoms with Crippen LogP contribution >= 0.6 is 0 Å². The molecule has 0 saturated carbocycles. The topological polar surface area (TPSA) is 67.5 Å². The molecule has 0 amide bonds. The number of carboxylic acid groups (broad SMARTS) is 1. The number of carboxylic acids is 1. The van der Waals surface area contributed by atoms with Crippen LogP contribution in [-0.2, 0) is 11.2 Å². The van der Waals surface area contributed by atoms with Crippen LogP contribution in [-0.4, -0.2) is 11.1 Å². The molecule has 1 aliphatic carbocycles. The molecule has 4 heteroatoms. The predicted octanol–water partition coefficient (Wildman–Crippen LogP) is 2.99. The number of hydrogen-bond acceptors (Lipinski definition) is 3. The predicted molar refractivity (Wildman–Crippen MR) is 75.7 cm³/mol. The van der Waals surface area contributed by atoms with E-state index in [1.807, 2.05) is 0 Å². The zero-order valence-corrected chi connectivity index (χ0v) is 10.9. The highest BCUT2D eigenvalue weighted by molar-refractivity contribution is 5.85. The van der Waals surface area contributed by atoms with Crippen molar-refractivity contribution in [2.45, 2.75) is 25.7 Å². The minimum absolute atomic E-state index is 0.124. The van der Waals surface area contributed by atoms with E-state index in [2.05, 4.69) is 6.08 Å². The molecule has 4 nitrogen and oxygen atoms in total. The fourth-order valence-corrected chi connectivity index (χ4v) is 2.59. The van der Waals surface area contributed by atoms with Crippen LogP contribution < -0.4 is 5.43 Å². The first-order valence-corrected chi connectivity index (χ1v) is 6.62. The molecule has 0 bridgehead atoms. The van der Waals surface area contributed by atoms with Crippen LogP contribution in [0.4, 0.5) is 0 Å².